The van der Waals surface area contributed by atoms with E-state index in [2.05, 4.69) is 5.32 Å². The Morgan fingerprint density at radius 3 is 2.82 bits per heavy atom. The lowest BCUT2D eigenvalue weighted by atomic mass is 9.93. The summed E-state index contributed by atoms with van der Waals surface area (Å²) in [5, 5.41) is 13.4. The van der Waals surface area contributed by atoms with E-state index in [1.54, 1.807) is 0 Å². The molecule has 2 rings (SSSR count). The molecular formula is C13H18FNO2. The number of benzene rings is 1. The van der Waals surface area contributed by atoms with Crippen LogP contribution in [0.25, 0.3) is 0 Å². The summed E-state index contributed by atoms with van der Waals surface area (Å²) in [4.78, 5) is 0. The van der Waals surface area contributed by atoms with Crippen LogP contribution < -0.4 is 10.1 Å². The number of phenols is 1. The Hall–Kier alpha value is -1.29. The fourth-order valence-corrected chi connectivity index (χ4v) is 2.49. The first-order chi connectivity index (χ1) is 8.15. The van der Waals surface area contributed by atoms with Crippen LogP contribution in [0.4, 0.5) is 4.39 Å². The smallest absolute Gasteiger partial charge is 0.196 e. The summed E-state index contributed by atoms with van der Waals surface area (Å²) in [7, 11) is 1.37. The number of nitrogens with one attached hydrogen (secondary N) is 1. The number of phenolic OH excluding ortho intramolecular Hbond substituents is 1. The molecule has 1 fully saturated rings. The van der Waals surface area contributed by atoms with Crippen LogP contribution in [0.3, 0.4) is 0 Å². The van der Waals surface area contributed by atoms with Crippen LogP contribution in [0.5, 0.6) is 11.5 Å². The van der Waals surface area contributed by atoms with Crippen molar-refractivity contribution in [1.82, 2.24) is 5.32 Å². The predicted octanol–water partition coefficient (Wildman–Crippen LogP) is 2.66. The number of ether oxygens (including phenoxy) is 1. The SMILES string of the molecule is COc1c(F)cc(C)c(C2CCCCN2)c1O. The van der Waals surface area contributed by atoms with Crippen LogP contribution in [0.15, 0.2) is 6.07 Å². The van der Waals surface area contributed by atoms with Gasteiger partial charge in [0, 0.05) is 11.6 Å². The fraction of sp³-hybridized carbons (Fsp3) is 0.538. The molecule has 0 radical (unpaired) electrons. The largest absolute Gasteiger partial charge is 0.504 e. The van der Waals surface area contributed by atoms with Crippen molar-refractivity contribution in [2.24, 2.45) is 0 Å². The lowest BCUT2D eigenvalue weighted by molar-refractivity contribution is 0.337. The van der Waals surface area contributed by atoms with Crippen molar-refractivity contribution < 1.29 is 14.2 Å². The minimum atomic E-state index is -0.512. The van der Waals surface area contributed by atoms with Gasteiger partial charge in [-0.25, -0.2) is 4.39 Å². The van der Waals surface area contributed by atoms with Crippen molar-refractivity contribution in [2.45, 2.75) is 32.2 Å². The van der Waals surface area contributed by atoms with E-state index >= 15 is 0 Å². The molecule has 4 heteroatoms. The van der Waals surface area contributed by atoms with E-state index < -0.39 is 5.82 Å². The molecule has 1 atom stereocenters. The van der Waals surface area contributed by atoms with Crippen LogP contribution >= 0.6 is 0 Å². The van der Waals surface area contributed by atoms with Crippen molar-refractivity contribution in [2.75, 3.05) is 13.7 Å². The highest BCUT2D eigenvalue weighted by Gasteiger charge is 2.24. The fourth-order valence-electron chi connectivity index (χ4n) is 2.49. The summed E-state index contributed by atoms with van der Waals surface area (Å²) in [6.45, 7) is 2.75. The molecular weight excluding hydrogens is 221 g/mol. The van der Waals surface area contributed by atoms with Gasteiger partial charge in [-0.2, -0.15) is 0 Å². The summed E-state index contributed by atoms with van der Waals surface area (Å²) < 4.78 is 18.5. The van der Waals surface area contributed by atoms with E-state index in [1.165, 1.54) is 13.2 Å². The van der Waals surface area contributed by atoms with Crippen LogP contribution in [0.2, 0.25) is 0 Å². The van der Waals surface area contributed by atoms with Gasteiger partial charge in [-0.05, 0) is 37.9 Å². The van der Waals surface area contributed by atoms with E-state index in [0.29, 0.717) is 0 Å². The number of hydrogen-bond acceptors (Lipinski definition) is 3. The lowest BCUT2D eigenvalue weighted by Gasteiger charge is -2.26. The summed E-state index contributed by atoms with van der Waals surface area (Å²) in [5.74, 6) is -0.635. The van der Waals surface area contributed by atoms with Gasteiger partial charge in [-0.1, -0.05) is 6.42 Å². The average Bonchev–Trinajstić information content (AvgIpc) is 2.30. The molecule has 1 aromatic carbocycles. The van der Waals surface area contributed by atoms with E-state index in [9.17, 15) is 9.50 Å². The average molecular weight is 239 g/mol. The van der Waals surface area contributed by atoms with Crippen molar-refractivity contribution in [3.05, 3.63) is 23.0 Å². The molecule has 94 valence electrons. The highest BCUT2D eigenvalue weighted by atomic mass is 19.1. The van der Waals surface area contributed by atoms with E-state index in [-0.39, 0.29) is 17.5 Å². The molecule has 1 unspecified atom stereocenters. The van der Waals surface area contributed by atoms with Gasteiger partial charge in [0.25, 0.3) is 0 Å². The van der Waals surface area contributed by atoms with Gasteiger partial charge < -0.3 is 15.2 Å². The van der Waals surface area contributed by atoms with E-state index in [1.807, 2.05) is 6.92 Å². The van der Waals surface area contributed by atoms with Crippen LogP contribution in [0, 0.1) is 12.7 Å². The molecule has 0 aliphatic carbocycles. The van der Waals surface area contributed by atoms with Crippen molar-refractivity contribution in [1.29, 1.82) is 0 Å². The first-order valence-corrected chi connectivity index (χ1v) is 5.94. The summed E-state index contributed by atoms with van der Waals surface area (Å²) in [5.41, 5.74) is 1.53. The van der Waals surface area contributed by atoms with E-state index in [0.717, 1.165) is 36.9 Å². The van der Waals surface area contributed by atoms with Gasteiger partial charge in [0.15, 0.2) is 17.3 Å². The molecule has 1 aliphatic heterocycles. The molecule has 0 saturated carbocycles. The molecule has 1 aliphatic rings. The first kappa shape index (κ1) is 12.2. The zero-order valence-corrected chi connectivity index (χ0v) is 10.2. The molecule has 0 aromatic heterocycles. The highest BCUT2D eigenvalue weighted by molar-refractivity contribution is 5.52. The standard InChI is InChI=1S/C13H18FNO2/c1-8-7-9(14)13(17-2)12(16)11(8)10-5-3-4-6-15-10/h7,10,15-16H,3-6H2,1-2H3. The molecule has 1 saturated heterocycles. The number of aromatic hydroxyl groups is 1. The van der Waals surface area contributed by atoms with E-state index in [4.69, 9.17) is 4.74 Å². The molecule has 0 bridgehead atoms. The van der Waals surface area contributed by atoms with Crippen LogP contribution in [0.1, 0.15) is 36.4 Å². The topological polar surface area (TPSA) is 41.5 Å². The summed E-state index contributed by atoms with van der Waals surface area (Å²) in [6, 6.07) is 1.52. The van der Waals surface area contributed by atoms with Gasteiger partial charge in [0.1, 0.15) is 0 Å². The third-order valence-corrected chi connectivity index (χ3v) is 3.32. The number of methoxy groups -OCH3 is 1. The predicted molar refractivity (Wildman–Crippen MR) is 63.9 cm³/mol. The Morgan fingerprint density at radius 1 is 1.47 bits per heavy atom. The molecule has 2 N–H and O–H groups in total. The Kier molecular flexibility index (Phi) is 3.52. The molecule has 0 amide bonds. The number of hydrogen-bond donors (Lipinski definition) is 2. The molecule has 0 spiro atoms. The van der Waals surface area contributed by atoms with Gasteiger partial charge in [-0.15, -0.1) is 0 Å². The second-order valence-electron chi connectivity index (χ2n) is 4.47. The molecule has 1 aromatic rings. The Labute approximate surface area is 101 Å². The minimum absolute atomic E-state index is 0.0574. The maximum Gasteiger partial charge on any atom is 0.196 e. The normalized spacial score (nSPS) is 20.3. The monoisotopic (exact) mass is 239 g/mol. The molecule has 1 heterocycles. The maximum atomic E-state index is 13.6. The Bertz CT molecular complexity index is 414. The number of rotatable bonds is 2. The summed E-state index contributed by atoms with van der Waals surface area (Å²) >= 11 is 0. The van der Waals surface area contributed by atoms with Gasteiger partial charge in [0.2, 0.25) is 0 Å². The molecule has 17 heavy (non-hydrogen) atoms. The minimum Gasteiger partial charge on any atom is -0.504 e. The number of aryl methyl sites for hydroxylation is 1. The Balaban J connectivity index is 2.44. The third-order valence-electron chi connectivity index (χ3n) is 3.32. The second kappa shape index (κ2) is 4.92. The Morgan fingerprint density at radius 2 is 2.24 bits per heavy atom. The third kappa shape index (κ3) is 2.22. The van der Waals surface area contributed by atoms with Crippen LogP contribution in [-0.2, 0) is 0 Å². The zero-order chi connectivity index (χ0) is 12.4. The lowest BCUT2D eigenvalue weighted by Crippen LogP contribution is -2.27. The number of halogens is 1. The molecule has 3 nitrogen and oxygen atoms in total. The van der Waals surface area contributed by atoms with Crippen molar-refractivity contribution >= 4 is 0 Å². The quantitative estimate of drug-likeness (QED) is 0.833. The number of piperidine rings is 1. The second-order valence-corrected chi connectivity index (χ2v) is 4.47. The maximum absolute atomic E-state index is 13.6. The van der Waals surface area contributed by atoms with Gasteiger partial charge >= 0.3 is 0 Å². The summed E-state index contributed by atoms with van der Waals surface area (Å²) in [6.07, 6.45) is 3.23. The van der Waals surface area contributed by atoms with Gasteiger partial charge in [0.05, 0.1) is 7.11 Å². The van der Waals surface area contributed by atoms with Gasteiger partial charge in [-0.3, -0.25) is 0 Å². The van der Waals surface area contributed by atoms with Crippen molar-refractivity contribution in [3.8, 4) is 11.5 Å². The highest BCUT2D eigenvalue weighted by Crippen LogP contribution is 2.40. The zero-order valence-electron chi connectivity index (χ0n) is 10.2. The first-order valence-electron chi connectivity index (χ1n) is 5.94. The van der Waals surface area contributed by atoms with Crippen LogP contribution in [-0.4, -0.2) is 18.8 Å². The van der Waals surface area contributed by atoms with Crippen molar-refractivity contribution in [3.63, 3.8) is 0 Å².